The van der Waals surface area contributed by atoms with Crippen molar-refractivity contribution in [3.05, 3.63) is 59.8 Å². The first kappa shape index (κ1) is 20.6. The standard InChI is InChI=1S/C21H24FN3O4/c1-14(2)18(23-19(26)15-5-7-16(22)8-6-15)21(28)25-11-9-24(10-12-25)20(27)17-4-3-13-29-17/h3-8,13-14,18H,9-12H2,1-2H3,(H,23,26)/t18-/m1/s1. The Bertz CT molecular complexity index is 857. The number of nitrogens with one attached hydrogen (secondary N) is 1. The summed E-state index contributed by atoms with van der Waals surface area (Å²) in [6.45, 7) is 5.24. The number of benzene rings is 1. The van der Waals surface area contributed by atoms with E-state index in [2.05, 4.69) is 5.32 Å². The number of amides is 3. The van der Waals surface area contributed by atoms with Gasteiger partial charge in [0.15, 0.2) is 5.76 Å². The summed E-state index contributed by atoms with van der Waals surface area (Å²) < 4.78 is 18.2. The Labute approximate surface area is 168 Å². The molecule has 1 aliphatic rings. The Hall–Kier alpha value is -3.16. The normalized spacial score (nSPS) is 15.3. The van der Waals surface area contributed by atoms with Crippen molar-refractivity contribution in [2.75, 3.05) is 26.2 Å². The van der Waals surface area contributed by atoms with Crippen LogP contribution in [0.4, 0.5) is 4.39 Å². The van der Waals surface area contributed by atoms with Crippen molar-refractivity contribution in [2.45, 2.75) is 19.9 Å². The molecule has 1 saturated heterocycles. The van der Waals surface area contributed by atoms with Gasteiger partial charge in [-0.05, 0) is 42.3 Å². The minimum absolute atomic E-state index is 0.130. The molecule has 154 valence electrons. The molecule has 1 N–H and O–H groups in total. The molecular weight excluding hydrogens is 377 g/mol. The topological polar surface area (TPSA) is 82.9 Å². The van der Waals surface area contributed by atoms with Crippen molar-refractivity contribution in [3.63, 3.8) is 0 Å². The fraction of sp³-hybridized carbons (Fsp3) is 0.381. The lowest BCUT2D eigenvalue weighted by Gasteiger charge is -2.37. The largest absolute Gasteiger partial charge is 0.459 e. The first-order chi connectivity index (χ1) is 13.9. The molecule has 3 amide bonds. The molecule has 2 aromatic rings. The highest BCUT2D eigenvalue weighted by Gasteiger charge is 2.32. The highest BCUT2D eigenvalue weighted by atomic mass is 19.1. The molecule has 3 rings (SSSR count). The van der Waals surface area contributed by atoms with Crippen molar-refractivity contribution in [1.82, 2.24) is 15.1 Å². The maximum absolute atomic E-state index is 13.1. The van der Waals surface area contributed by atoms with Gasteiger partial charge in [0.1, 0.15) is 11.9 Å². The molecule has 1 fully saturated rings. The Morgan fingerprint density at radius 3 is 2.17 bits per heavy atom. The van der Waals surface area contributed by atoms with E-state index in [9.17, 15) is 18.8 Å². The average molecular weight is 401 g/mol. The summed E-state index contributed by atoms with van der Waals surface area (Å²) in [6, 6.07) is 7.73. The van der Waals surface area contributed by atoms with Crippen LogP contribution in [0.25, 0.3) is 0 Å². The number of nitrogens with zero attached hydrogens (tertiary/aromatic N) is 2. The first-order valence-electron chi connectivity index (χ1n) is 9.55. The van der Waals surface area contributed by atoms with Crippen LogP contribution in [-0.4, -0.2) is 59.7 Å². The van der Waals surface area contributed by atoms with Crippen LogP contribution in [-0.2, 0) is 4.79 Å². The molecule has 7 nitrogen and oxygen atoms in total. The van der Waals surface area contributed by atoms with E-state index in [4.69, 9.17) is 4.42 Å². The third kappa shape index (κ3) is 4.82. The van der Waals surface area contributed by atoms with E-state index in [0.29, 0.717) is 31.7 Å². The minimum Gasteiger partial charge on any atom is -0.459 e. The maximum Gasteiger partial charge on any atom is 0.289 e. The summed E-state index contributed by atoms with van der Waals surface area (Å²) in [6.07, 6.45) is 1.45. The van der Waals surface area contributed by atoms with E-state index in [1.165, 1.54) is 30.5 Å². The van der Waals surface area contributed by atoms with Crippen molar-refractivity contribution >= 4 is 17.7 Å². The molecule has 8 heteroatoms. The van der Waals surface area contributed by atoms with Gasteiger partial charge in [0, 0.05) is 31.7 Å². The molecule has 1 aromatic carbocycles. The Balaban J connectivity index is 1.60. The lowest BCUT2D eigenvalue weighted by atomic mass is 10.0. The first-order valence-corrected chi connectivity index (χ1v) is 9.55. The smallest absolute Gasteiger partial charge is 0.289 e. The SMILES string of the molecule is CC(C)[C@@H](NC(=O)c1ccc(F)cc1)C(=O)N1CCN(C(=O)c2ccco2)CC1. The highest BCUT2D eigenvalue weighted by molar-refractivity contribution is 5.97. The van der Waals surface area contributed by atoms with Crippen LogP contribution < -0.4 is 5.32 Å². The van der Waals surface area contributed by atoms with Crippen LogP contribution in [0.3, 0.4) is 0 Å². The van der Waals surface area contributed by atoms with Gasteiger partial charge in [-0.2, -0.15) is 0 Å². The van der Waals surface area contributed by atoms with E-state index in [1.807, 2.05) is 13.8 Å². The molecule has 0 spiro atoms. The highest BCUT2D eigenvalue weighted by Crippen LogP contribution is 2.13. The van der Waals surface area contributed by atoms with Crippen LogP contribution in [0.2, 0.25) is 0 Å². The summed E-state index contributed by atoms with van der Waals surface area (Å²) in [4.78, 5) is 41.1. The average Bonchev–Trinajstić information content (AvgIpc) is 3.26. The quantitative estimate of drug-likeness (QED) is 0.832. The molecular formula is C21H24FN3O4. The van der Waals surface area contributed by atoms with Crippen LogP contribution >= 0.6 is 0 Å². The van der Waals surface area contributed by atoms with Gasteiger partial charge in [0.2, 0.25) is 5.91 Å². The van der Waals surface area contributed by atoms with E-state index < -0.39 is 17.8 Å². The van der Waals surface area contributed by atoms with Gasteiger partial charge >= 0.3 is 0 Å². The predicted molar refractivity (Wildman–Crippen MR) is 104 cm³/mol. The lowest BCUT2D eigenvalue weighted by molar-refractivity contribution is -0.135. The Morgan fingerprint density at radius 2 is 1.62 bits per heavy atom. The van der Waals surface area contributed by atoms with Gasteiger partial charge in [-0.15, -0.1) is 0 Å². The van der Waals surface area contributed by atoms with Crippen molar-refractivity contribution in [3.8, 4) is 0 Å². The van der Waals surface area contributed by atoms with Crippen molar-refractivity contribution < 1.29 is 23.2 Å². The molecule has 0 bridgehead atoms. The van der Waals surface area contributed by atoms with Crippen LogP contribution in [0.1, 0.15) is 34.8 Å². The second-order valence-electron chi connectivity index (χ2n) is 7.30. The fourth-order valence-electron chi connectivity index (χ4n) is 3.22. The maximum atomic E-state index is 13.1. The summed E-state index contributed by atoms with van der Waals surface area (Å²) in [7, 11) is 0. The predicted octanol–water partition coefficient (Wildman–Crippen LogP) is 2.16. The molecule has 29 heavy (non-hydrogen) atoms. The van der Waals surface area contributed by atoms with Gasteiger partial charge in [-0.25, -0.2) is 4.39 Å². The summed E-state index contributed by atoms with van der Waals surface area (Å²) in [5.41, 5.74) is 0.290. The molecule has 2 heterocycles. The van der Waals surface area contributed by atoms with E-state index in [0.717, 1.165) is 0 Å². The van der Waals surface area contributed by atoms with Crippen molar-refractivity contribution in [1.29, 1.82) is 0 Å². The summed E-state index contributed by atoms with van der Waals surface area (Å²) in [5.74, 6) is -1.11. The summed E-state index contributed by atoms with van der Waals surface area (Å²) >= 11 is 0. The zero-order valence-corrected chi connectivity index (χ0v) is 16.4. The van der Waals surface area contributed by atoms with Crippen LogP contribution in [0.5, 0.6) is 0 Å². The molecule has 1 aliphatic heterocycles. The molecule has 0 aliphatic carbocycles. The fourth-order valence-corrected chi connectivity index (χ4v) is 3.22. The lowest BCUT2D eigenvalue weighted by Crippen LogP contribution is -2.57. The Morgan fingerprint density at radius 1 is 1.00 bits per heavy atom. The molecule has 1 aromatic heterocycles. The third-order valence-corrected chi connectivity index (χ3v) is 4.94. The number of hydrogen-bond acceptors (Lipinski definition) is 4. The Kier molecular flexibility index (Phi) is 6.31. The molecule has 0 unspecified atom stereocenters. The molecule has 0 saturated carbocycles. The molecule has 1 atom stereocenters. The second kappa shape index (κ2) is 8.89. The zero-order chi connectivity index (χ0) is 21.0. The van der Waals surface area contributed by atoms with Crippen molar-refractivity contribution in [2.24, 2.45) is 5.92 Å². The van der Waals surface area contributed by atoms with E-state index in [-0.39, 0.29) is 23.5 Å². The van der Waals surface area contributed by atoms with Gasteiger partial charge in [0.05, 0.1) is 6.26 Å². The van der Waals surface area contributed by atoms with Gasteiger partial charge in [-0.1, -0.05) is 13.8 Å². The van der Waals surface area contributed by atoms with E-state index in [1.54, 1.807) is 21.9 Å². The van der Waals surface area contributed by atoms with Crippen LogP contribution in [0.15, 0.2) is 47.1 Å². The minimum atomic E-state index is -0.708. The number of hydrogen-bond donors (Lipinski definition) is 1. The van der Waals surface area contributed by atoms with Gasteiger partial charge in [0.25, 0.3) is 11.8 Å². The number of piperazine rings is 1. The third-order valence-electron chi connectivity index (χ3n) is 4.94. The number of furan rings is 1. The number of halogens is 1. The number of carbonyl (C=O) groups excluding carboxylic acids is 3. The second-order valence-corrected chi connectivity index (χ2v) is 7.30. The molecule has 0 radical (unpaired) electrons. The number of rotatable bonds is 5. The van der Waals surface area contributed by atoms with Gasteiger partial charge in [-0.3, -0.25) is 14.4 Å². The van der Waals surface area contributed by atoms with Gasteiger partial charge < -0.3 is 19.5 Å². The van der Waals surface area contributed by atoms with Crippen LogP contribution in [0, 0.1) is 11.7 Å². The zero-order valence-electron chi connectivity index (χ0n) is 16.4. The number of carbonyl (C=O) groups is 3. The monoisotopic (exact) mass is 401 g/mol. The summed E-state index contributed by atoms with van der Waals surface area (Å²) in [5, 5.41) is 2.76. The van der Waals surface area contributed by atoms with E-state index >= 15 is 0 Å².